The van der Waals surface area contributed by atoms with Gasteiger partial charge in [0.1, 0.15) is 5.82 Å². The molecule has 16 heavy (non-hydrogen) atoms. The molecule has 1 rings (SSSR count). The molecule has 0 bridgehead atoms. The van der Waals surface area contributed by atoms with Gasteiger partial charge < -0.3 is 5.32 Å². The summed E-state index contributed by atoms with van der Waals surface area (Å²) in [4.78, 5) is 8.45. The van der Waals surface area contributed by atoms with Crippen molar-refractivity contribution in [3.05, 3.63) is 18.1 Å². The zero-order chi connectivity index (χ0) is 11.6. The van der Waals surface area contributed by atoms with Gasteiger partial charge in [0.15, 0.2) is 0 Å². The van der Waals surface area contributed by atoms with E-state index in [-0.39, 0.29) is 0 Å². The SMILES string of the molecule is CCCCCCCCNc1nccnc1C. The van der Waals surface area contributed by atoms with E-state index in [2.05, 4.69) is 22.2 Å². The quantitative estimate of drug-likeness (QED) is 0.682. The number of aryl methyl sites for hydroxylation is 1. The van der Waals surface area contributed by atoms with Crippen molar-refractivity contribution >= 4 is 5.82 Å². The Morgan fingerprint density at radius 2 is 1.69 bits per heavy atom. The average molecular weight is 221 g/mol. The van der Waals surface area contributed by atoms with Gasteiger partial charge in [-0.1, -0.05) is 39.0 Å². The molecule has 0 aromatic carbocycles. The van der Waals surface area contributed by atoms with Gasteiger partial charge >= 0.3 is 0 Å². The van der Waals surface area contributed by atoms with E-state index in [1.807, 2.05) is 6.92 Å². The molecule has 1 heterocycles. The molecule has 90 valence electrons. The summed E-state index contributed by atoms with van der Waals surface area (Å²) in [5, 5.41) is 3.33. The van der Waals surface area contributed by atoms with E-state index >= 15 is 0 Å². The molecule has 0 atom stereocenters. The number of hydrogen-bond donors (Lipinski definition) is 1. The molecule has 0 aliphatic carbocycles. The lowest BCUT2D eigenvalue weighted by Crippen LogP contribution is -2.05. The third kappa shape index (κ3) is 5.10. The molecule has 1 N–H and O–H groups in total. The fourth-order valence-corrected chi connectivity index (χ4v) is 1.69. The van der Waals surface area contributed by atoms with E-state index in [1.165, 1.54) is 38.5 Å². The second kappa shape index (κ2) is 8.08. The number of anilines is 1. The zero-order valence-electron chi connectivity index (χ0n) is 10.5. The standard InChI is InChI=1S/C13H23N3/c1-3-4-5-6-7-8-9-15-13-12(2)14-10-11-16-13/h10-11H,3-9H2,1-2H3,(H,15,16). The lowest BCUT2D eigenvalue weighted by molar-refractivity contribution is 0.616. The molecule has 0 saturated heterocycles. The van der Waals surface area contributed by atoms with Crippen molar-refractivity contribution in [2.24, 2.45) is 0 Å². The van der Waals surface area contributed by atoms with Gasteiger partial charge in [0, 0.05) is 18.9 Å². The Labute approximate surface area is 98.7 Å². The molecule has 0 aliphatic heterocycles. The summed E-state index contributed by atoms with van der Waals surface area (Å²) >= 11 is 0. The molecule has 0 fully saturated rings. The van der Waals surface area contributed by atoms with E-state index in [0.29, 0.717) is 0 Å². The van der Waals surface area contributed by atoms with E-state index < -0.39 is 0 Å². The van der Waals surface area contributed by atoms with E-state index in [4.69, 9.17) is 0 Å². The highest BCUT2D eigenvalue weighted by molar-refractivity contribution is 5.37. The van der Waals surface area contributed by atoms with Gasteiger partial charge in [-0.15, -0.1) is 0 Å². The van der Waals surface area contributed by atoms with Gasteiger partial charge in [0.2, 0.25) is 0 Å². The van der Waals surface area contributed by atoms with Crippen LogP contribution in [-0.2, 0) is 0 Å². The van der Waals surface area contributed by atoms with Gasteiger partial charge in [0.05, 0.1) is 5.69 Å². The summed E-state index contributed by atoms with van der Waals surface area (Å²) in [6.45, 7) is 5.24. The second-order valence-corrected chi connectivity index (χ2v) is 4.18. The maximum absolute atomic E-state index is 4.25. The molecule has 1 aromatic heterocycles. The summed E-state index contributed by atoms with van der Waals surface area (Å²) in [5.74, 6) is 0.927. The lowest BCUT2D eigenvalue weighted by atomic mass is 10.1. The summed E-state index contributed by atoms with van der Waals surface area (Å²) in [6.07, 6.45) is 11.4. The van der Waals surface area contributed by atoms with Gasteiger partial charge in [-0.3, -0.25) is 4.98 Å². The smallest absolute Gasteiger partial charge is 0.147 e. The van der Waals surface area contributed by atoms with Gasteiger partial charge in [-0.2, -0.15) is 0 Å². The Kier molecular flexibility index (Phi) is 6.54. The summed E-state index contributed by atoms with van der Waals surface area (Å²) in [6, 6.07) is 0. The molecular formula is C13H23N3. The molecule has 0 unspecified atom stereocenters. The Hall–Kier alpha value is -1.12. The number of aromatic nitrogens is 2. The van der Waals surface area contributed by atoms with Crippen LogP contribution in [0.25, 0.3) is 0 Å². The fraction of sp³-hybridized carbons (Fsp3) is 0.692. The van der Waals surface area contributed by atoms with Crippen LogP contribution in [0.4, 0.5) is 5.82 Å². The van der Waals surface area contributed by atoms with Crippen LogP contribution < -0.4 is 5.32 Å². The molecule has 0 saturated carbocycles. The Balaban J connectivity index is 2.05. The first-order valence-corrected chi connectivity index (χ1v) is 6.36. The van der Waals surface area contributed by atoms with Crippen molar-refractivity contribution < 1.29 is 0 Å². The van der Waals surface area contributed by atoms with Crippen molar-refractivity contribution in [1.29, 1.82) is 0 Å². The van der Waals surface area contributed by atoms with Crippen molar-refractivity contribution in [2.75, 3.05) is 11.9 Å². The van der Waals surface area contributed by atoms with Crippen LogP contribution in [0.15, 0.2) is 12.4 Å². The van der Waals surface area contributed by atoms with Crippen LogP contribution in [0.2, 0.25) is 0 Å². The highest BCUT2D eigenvalue weighted by atomic mass is 15.0. The minimum Gasteiger partial charge on any atom is -0.369 e. The summed E-state index contributed by atoms with van der Waals surface area (Å²) < 4.78 is 0. The van der Waals surface area contributed by atoms with Crippen LogP contribution in [0.1, 0.15) is 51.1 Å². The predicted molar refractivity (Wildman–Crippen MR) is 68.6 cm³/mol. The lowest BCUT2D eigenvalue weighted by Gasteiger charge is -2.06. The Morgan fingerprint density at radius 3 is 2.44 bits per heavy atom. The largest absolute Gasteiger partial charge is 0.369 e. The molecule has 3 nitrogen and oxygen atoms in total. The first kappa shape index (κ1) is 12.9. The maximum Gasteiger partial charge on any atom is 0.147 e. The number of unbranched alkanes of at least 4 members (excludes halogenated alkanes) is 5. The fourth-order valence-electron chi connectivity index (χ4n) is 1.69. The normalized spacial score (nSPS) is 10.4. The van der Waals surface area contributed by atoms with E-state index in [0.717, 1.165) is 18.1 Å². The van der Waals surface area contributed by atoms with Crippen molar-refractivity contribution in [1.82, 2.24) is 9.97 Å². The second-order valence-electron chi connectivity index (χ2n) is 4.18. The number of nitrogens with one attached hydrogen (secondary N) is 1. The molecular weight excluding hydrogens is 198 g/mol. The topological polar surface area (TPSA) is 37.8 Å². The minimum atomic E-state index is 0.927. The van der Waals surface area contributed by atoms with Crippen molar-refractivity contribution in [2.45, 2.75) is 52.4 Å². The molecule has 0 aliphatic rings. The van der Waals surface area contributed by atoms with E-state index in [9.17, 15) is 0 Å². The number of rotatable bonds is 8. The predicted octanol–water partition coefficient (Wildman–Crippen LogP) is 3.56. The number of hydrogen-bond acceptors (Lipinski definition) is 3. The highest BCUT2D eigenvalue weighted by Gasteiger charge is 1.97. The Bertz CT molecular complexity index is 286. The molecule has 3 heteroatoms. The number of nitrogens with zero attached hydrogens (tertiary/aromatic N) is 2. The van der Waals surface area contributed by atoms with Crippen LogP contribution in [0, 0.1) is 6.92 Å². The summed E-state index contributed by atoms with van der Waals surface area (Å²) in [7, 11) is 0. The van der Waals surface area contributed by atoms with Crippen LogP contribution in [0.5, 0.6) is 0 Å². The molecule has 0 radical (unpaired) electrons. The van der Waals surface area contributed by atoms with Crippen LogP contribution in [-0.4, -0.2) is 16.5 Å². The van der Waals surface area contributed by atoms with Crippen molar-refractivity contribution in [3.63, 3.8) is 0 Å². The van der Waals surface area contributed by atoms with Gasteiger partial charge in [-0.05, 0) is 13.3 Å². The Morgan fingerprint density at radius 1 is 1.00 bits per heavy atom. The van der Waals surface area contributed by atoms with Crippen LogP contribution >= 0.6 is 0 Å². The van der Waals surface area contributed by atoms with Gasteiger partial charge in [0.25, 0.3) is 0 Å². The monoisotopic (exact) mass is 221 g/mol. The molecule has 0 spiro atoms. The maximum atomic E-state index is 4.25. The third-order valence-electron chi connectivity index (χ3n) is 2.70. The first-order chi connectivity index (χ1) is 7.84. The summed E-state index contributed by atoms with van der Waals surface area (Å²) in [5.41, 5.74) is 0.980. The highest BCUT2D eigenvalue weighted by Crippen LogP contribution is 2.08. The first-order valence-electron chi connectivity index (χ1n) is 6.36. The minimum absolute atomic E-state index is 0.927. The zero-order valence-corrected chi connectivity index (χ0v) is 10.5. The van der Waals surface area contributed by atoms with Crippen LogP contribution in [0.3, 0.4) is 0 Å². The van der Waals surface area contributed by atoms with Crippen molar-refractivity contribution in [3.8, 4) is 0 Å². The molecule has 1 aromatic rings. The third-order valence-corrected chi connectivity index (χ3v) is 2.70. The van der Waals surface area contributed by atoms with Gasteiger partial charge in [-0.25, -0.2) is 4.98 Å². The molecule has 0 amide bonds. The average Bonchev–Trinajstić information content (AvgIpc) is 2.30. The van der Waals surface area contributed by atoms with E-state index in [1.54, 1.807) is 12.4 Å².